The van der Waals surface area contributed by atoms with Gasteiger partial charge in [0.2, 0.25) is 5.91 Å². The molecule has 0 aliphatic carbocycles. The molecule has 2 N–H and O–H groups in total. The Balaban J connectivity index is 0.00000450. The van der Waals surface area contributed by atoms with E-state index in [4.69, 9.17) is 0 Å². The van der Waals surface area contributed by atoms with Gasteiger partial charge in [0.1, 0.15) is 6.54 Å². The predicted octanol–water partition coefficient (Wildman–Crippen LogP) is 2.43. The maximum absolute atomic E-state index is 12.7. The molecule has 1 aliphatic heterocycles. The van der Waals surface area contributed by atoms with Gasteiger partial charge in [-0.25, -0.2) is 9.98 Å². The molecule has 0 aromatic carbocycles. The molecule has 0 saturated carbocycles. The summed E-state index contributed by atoms with van der Waals surface area (Å²) in [7, 11) is 3.33. The highest BCUT2D eigenvalue weighted by atomic mass is 127. The van der Waals surface area contributed by atoms with Crippen molar-refractivity contribution >= 4 is 47.2 Å². The zero-order valence-corrected chi connectivity index (χ0v) is 20.6. The molecule has 7 nitrogen and oxygen atoms in total. The summed E-state index contributed by atoms with van der Waals surface area (Å²) in [6, 6.07) is 0.407. The van der Waals surface area contributed by atoms with Gasteiger partial charge in [-0.2, -0.15) is 13.2 Å². The van der Waals surface area contributed by atoms with E-state index in [1.165, 1.54) is 4.90 Å². The summed E-state index contributed by atoms with van der Waals surface area (Å²) >= 11 is 0.988. The lowest BCUT2D eigenvalue weighted by Crippen LogP contribution is -2.45. The van der Waals surface area contributed by atoms with Crippen LogP contribution in [0.3, 0.4) is 0 Å². The zero-order valence-electron chi connectivity index (χ0n) is 17.5. The molecule has 1 atom stereocenters. The van der Waals surface area contributed by atoms with E-state index in [1.807, 2.05) is 0 Å². The van der Waals surface area contributed by atoms with Crippen LogP contribution in [0.25, 0.3) is 0 Å². The van der Waals surface area contributed by atoms with Crippen LogP contribution < -0.4 is 10.6 Å². The highest BCUT2D eigenvalue weighted by Gasteiger charge is 2.33. The van der Waals surface area contributed by atoms with E-state index in [-0.39, 0.29) is 36.4 Å². The molecule has 172 valence electrons. The summed E-state index contributed by atoms with van der Waals surface area (Å²) in [6.07, 6.45) is -1.82. The van der Waals surface area contributed by atoms with Crippen molar-refractivity contribution in [1.82, 2.24) is 25.4 Å². The SMILES string of the molecule is CCN1CCCC1CNC(=NCC(=O)N(C)C)NCCc1nc(C(F)(F)F)cs1.I. The standard InChI is InChI=1S/C18H29F3N6OS.HI/c1-4-27-9-5-6-13(27)10-23-17(24-11-16(28)26(2)3)22-8-7-15-25-14(12-29-15)18(19,20)21;/h12-13H,4-11H2,1-3H3,(H2,22,23,24);1H. The first-order valence-electron chi connectivity index (χ1n) is 9.68. The molecule has 1 aromatic rings. The van der Waals surface area contributed by atoms with Crippen LogP contribution in [0.1, 0.15) is 30.5 Å². The zero-order chi connectivity index (χ0) is 21.4. The first-order chi connectivity index (χ1) is 13.7. The number of carbonyl (C=O) groups is 1. The number of likely N-dealkylation sites (N-methyl/N-ethyl adjacent to an activating group) is 2. The maximum Gasteiger partial charge on any atom is 0.434 e. The lowest BCUT2D eigenvalue weighted by molar-refractivity contribution is -0.140. The molecular weight excluding hydrogens is 532 g/mol. The van der Waals surface area contributed by atoms with Crippen LogP contribution in [0, 0.1) is 0 Å². The lowest BCUT2D eigenvalue weighted by Gasteiger charge is -2.24. The first kappa shape index (κ1) is 26.9. The monoisotopic (exact) mass is 562 g/mol. The van der Waals surface area contributed by atoms with Crippen molar-refractivity contribution in [3.63, 3.8) is 0 Å². The molecule has 0 bridgehead atoms. The molecule has 0 radical (unpaired) electrons. The van der Waals surface area contributed by atoms with E-state index in [0.717, 1.165) is 42.6 Å². The van der Waals surface area contributed by atoms with Crippen molar-refractivity contribution in [1.29, 1.82) is 0 Å². The molecule has 12 heteroatoms. The third-order valence-electron chi connectivity index (χ3n) is 4.76. The molecular formula is C18H30F3IN6OS. The fourth-order valence-corrected chi connectivity index (χ4v) is 3.87. The number of nitrogens with zero attached hydrogens (tertiary/aromatic N) is 4. The normalized spacial score (nSPS) is 17.5. The van der Waals surface area contributed by atoms with Gasteiger partial charge in [-0.15, -0.1) is 35.3 Å². The highest BCUT2D eigenvalue weighted by Crippen LogP contribution is 2.30. The minimum atomic E-state index is -4.42. The molecule has 1 unspecified atom stereocenters. The smallest absolute Gasteiger partial charge is 0.356 e. The number of aliphatic imine (C=N–C) groups is 1. The van der Waals surface area contributed by atoms with Crippen molar-refractivity contribution in [3.8, 4) is 0 Å². The van der Waals surface area contributed by atoms with Crippen molar-refractivity contribution in [2.24, 2.45) is 4.99 Å². The van der Waals surface area contributed by atoms with E-state index >= 15 is 0 Å². The molecule has 30 heavy (non-hydrogen) atoms. The quantitative estimate of drug-likeness (QED) is 0.290. The van der Waals surface area contributed by atoms with E-state index in [0.29, 0.717) is 36.5 Å². The van der Waals surface area contributed by atoms with Gasteiger partial charge in [0.15, 0.2) is 11.7 Å². The summed E-state index contributed by atoms with van der Waals surface area (Å²) in [5.74, 6) is 0.354. The van der Waals surface area contributed by atoms with Crippen molar-refractivity contribution in [2.75, 3.05) is 46.8 Å². The average Bonchev–Trinajstić information content (AvgIpc) is 3.31. The Morgan fingerprint density at radius 2 is 2.13 bits per heavy atom. The van der Waals surface area contributed by atoms with Gasteiger partial charge in [0, 0.05) is 45.0 Å². The topological polar surface area (TPSA) is 72.9 Å². The summed E-state index contributed by atoms with van der Waals surface area (Å²) in [6.45, 7) is 5.26. The Kier molecular flexibility index (Phi) is 11.3. The number of nitrogens with one attached hydrogen (secondary N) is 2. The number of thiazole rings is 1. The maximum atomic E-state index is 12.7. The molecule has 1 fully saturated rings. The molecule has 1 saturated heterocycles. The number of likely N-dealkylation sites (tertiary alicyclic amines) is 1. The Hall–Kier alpha value is -1.15. The number of halogens is 4. The molecule has 2 heterocycles. The van der Waals surface area contributed by atoms with Crippen molar-refractivity contribution < 1.29 is 18.0 Å². The summed E-state index contributed by atoms with van der Waals surface area (Å²) in [4.78, 5) is 23.6. The van der Waals surface area contributed by atoms with E-state index in [9.17, 15) is 18.0 Å². The number of guanidine groups is 1. The van der Waals surface area contributed by atoms with Gasteiger partial charge in [-0.3, -0.25) is 9.69 Å². The largest absolute Gasteiger partial charge is 0.434 e. The van der Waals surface area contributed by atoms with Gasteiger partial charge < -0.3 is 15.5 Å². The third kappa shape index (κ3) is 8.53. The van der Waals surface area contributed by atoms with Crippen LogP contribution in [0.15, 0.2) is 10.4 Å². The van der Waals surface area contributed by atoms with Gasteiger partial charge >= 0.3 is 6.18 Å². The van der Waals surface area contributed by atoms with Crippen LogP contribution in [-0.4, -0.2) is 79.5 Å². The highest BCUT2D eigenvalue weighted by molar-refractivity contribution is 14.0. The molecule has 2 rings (SSSR count). The number of hydrogen-bond acceptors (Lipinski definition) is 5. The van der Waals surface area contributed by atoms with E-state index < -0.39 is 11.9 Å². The van der Waals surface area contributed by atoms with Gasteiger partial charge in [0.25, 0.3) is 0 Å². The summed E-state index contributed by atoms with van der Waals surface area (Å²) in [5.41, 5.74) is -0.859. The lowest BCUT2D eigenvalue weighted by atomic mass is 10.2. The Morgan fingerprint density at radius 3 is 2.73 bits per heavy atom. The third-order valence-corrected chi connectivity index (χ3v) is 5.66. The molecule has 1 aromatic heterocycles. The minimum absolute atomic E-state index is 0. The van der Waals surface area contributed by atoms with Gasteiger partial charge in [0.05, 0.1) is 5.01 Å². The van der Waals surface area contributed by atoms with Crippen molar-refractivity contribution in [3.05, 3.63) is 16.1 Å². The fraction of sp³-hybridized carbons (Fsp3) is 0.722. The van der Waals surface area contributed by atoms with E-state index in [1.54, 1.807) is 14.1 Å². The number of alkyl halides is 3. The average molecular weight is 562 g/mol. The number of hydrogen-bond donors (Lipinski definition) is 2. The number of rotatable bonds is 8. The first-order valence-corrected chi connectivity index (χ1v) is 10.6. The number of amides is 1. The van der Waals surface area contributed by atoms with Crippen LogP contribution in [0.4, 0.5) is 13.2 Å². The van der Waals surface area contributed by atoms with Crippen LogP contribution >= 0.6 is 35.3 Å². The minimum Gasteiger partial charge on any atom is -0.356 e. The fourth-order valence-electron chi connectivity index (χ4n) is 3.06. The van der Waals surface area contributed by atoms with Crippen LogP contribution in [0.2, 0.25) is 0 Å². The van der Waals surface area contributed by atoms with E-state index in [2.05, 4.69) is 32.4 Å². The molecule has 0 spiro atoms. The predicted molar refractivity (Wildman–Crippen MR) is 124 cm³/mol. The number of carbonyl (C=O) groups excluding carboxylic acids is 1. The van der Waals surface area contributed by atoms with Gasteiger partial charge in [-0.1, -0.05) is 6.92 Å². The Labute approximate surface area is 196 Å². The Morgan fingerprint density at radius 1 is 1.40 bits per heavy atom. The van der Waals surface area contributed by atoms with Crippen LogP contribution in [0.5, 0.6) is 0 Å². The van der Waals surface area contributed by atoms with Crippen molar-refractivity contribution in [2.45, 2.75) is 38.4 Å². The Bertz CT molecular complexity index is 698. The summed E-state index contributed by atoms with van der Waals surface area (Å²) in [5, 5.41) is 7.80. The second kappa shape index (κ2) is 12.6. The summed E-state index contributed by atoms with van der Waals surface area (Å²) < 4.78 is 38.0. The van der Waals surface area contributed by atoms with Gasteiger partial charge in [-0.05, 0) is 25.9 Å². The second-order valence-electron chi connectivity index (χ2n) is 7.06. The molecule has 1 aliphatic rings. The second-order valence-corrected chi connectivity index (χ2v) is 8.00. The van der Waals surface area contributed by atoms with Crippen LogP contribution in [-0.2, 0) is 17.4 Å². The number of aromatic nitrogens is 1. The molecule has 1 amide bonds.